The first-order valence-electron chi connectivity index (χ1n) is 6.30. The van der Waals surface area contributed by atoms with E-state index >= 15 is 0 Å². The highest BCUT2D eigenvalue weighted by molar-refractivity contribution is 7.89. The molecule has 6 heteroatoms. The van der Waals surface area contributed by atoms with Crippen molar-refractivity contribution in [1.29, 1.82) is 0 Å². The van der Waals surface area contributed by atoms with Gasteiger partial charge in [-0.2, -0.15) is 4.31 Å². The SMILES string of the molecule is CC(=O)OC1C=CCN(S(=O)(=O)c2ccc(C)cc2)C1. The zero-order valence-corrected chi connectivity index (χ0v) is 12.3. The van der Waals surface area contributed by atoms with Gasteiger partial charge in [-0.15, -0.1) is 0 Å². The molecule has 108 valence electrons. The van der Waals surface area contributed by atoms with Gasteiger partial charge in [-0.05, 0) is 25.1 Å². The number of nitrogens with zero attached hydrogens (tertiary/aromatic N) is 1. The first-order chi connectivity index (χ1) is 9.39. The van der Waals surface area contributed by atoms with Crippen LogP contribution in [0.15, 0.2) is 41.3 Å². The van der Waals surface area contributed by atoms with Crippen molar-refractivity contribution < 1.29 is 17.9 Å². The predicted molar refractivity (Wildman–Crippen MR) is 74.6 cm³/mol. The summed E-state index contributed by atoms with van der Waals surface area (Å²) in [7, 11) is -3.56. The topological polar surface area (TPSA) is 63.7 Å². The molecule has 0 N–H and O–H groups in total. The first kappa shape index (κ1) is 14.7. The Hall–Kier alpha value is -1.66. The quantitative estimate of drug-likeness (QED) is 0.626. The minimum Gasteiger partial charge on any atom is -0.457 e. The van der Waals surface area contributed by atoms with Crippen LogP contribution in [-0.4, -0.2) is 37.9 Å². The summed E-state index contributed by atoms with van der Waals surface area (Å²) in [6.45, 7) is 3.64. The minimum absolute atomic E-state index is 0.145. The van der Waals surface area contributed by atoms with Crippen molar-refractivity contribution in [2.75, 3.05) is 13.1 Å². The van der Waals surface area contributed by atoms with E-state index in [-0.39, 0.29) is 18.0 Å². The van der Waals surface area contributed by atoms with Gasteiger partial charge in [0.25, 0.3) is 0 Å². The number of hydrogen-bond donors (Lipinski definition) is 0. The highest BCUT2D eigenvalue weighted by Crippen LogP contribution is 2.19. The molecule has 0 aliphatic carbocycles. The molecule has 20 heavy (non-hydrogen) atoms. The molecule has 0 aromatic heterocycles. The number of ether oxygens (including phenoxy) is 1. The second-order valence-corrected chi connectivity index (χ2v) is 6.65. The Balaban J connectivity index is 2.20. The Morgan fingerprint density at radius 3 is 2.55 bits per heavy atom. The van der Waals surface area contributed by atoms with E-state index in [0.29, 0.717) is 0 Å². The fourth-order valence-electron chi connectivity index (χ4n) is 2.01. The lowest BCUT2D eigenvalue weighted by Gasteiger charge is -2.27. The molecule has 1 aromatic carbocycles. The van der Waals surface area contributed by atoms with Crippen molar-refractivity contribution in [3.8, 4) is 0 Å². The molecule has 2 rings (SSSR count). The second-order valence-electron chi connectivity index (χ2n) is 4.71. The largest absolute Gasteiger partial charge is 0.457 e. The molecule has 0 bridgehead atoms. The molecule has 0 saturated carbocycles. The molecule has 1 atom stereocenters. The molecule has 1 aliphatic rings. The molecule has 0 spiro atoms. The molecule has 5 nitrogen and oxygen atoms in total. The van der Waals surface area contributed by atoms with Gasteiger partial charge in [-0.25, -0.2) is 8.42 Å². The van der Waals surface area contributed by atoms with Crippen LogP contribution in [0.25, 0.3) is 0 Å². The summed E-state index contributed by atoms with van der Waals surface area (Å²) in [4.78, 5) is 11.2. The lowest BCUT2D eigenvalue weighted by Crippen LogP contribution is -2.41. The van der Waals surface area contributed by atoms with E-state index in [1.807, 2.05) is 6.92 Å². The number of sulfonamides is 1. The molecule has 1 heterocycles. The van der Waals surface area contributed by atoms with Gasteiger partial charge in [0.15, 0.2) is 0 Å². The number of hydrogen-bond acceptors (Lipinski definition) is 4. The van der Waals surface area contributed by atoms with Crippen LogP contribution in [0.1, 0.15) is 12.5 Å². The van der Waals surface area contributed by atoms with Crippen molar-refractivity contribution in [3.05, 3.63) is 42.0 Å². The van der Waals surface area contributed by atoms with E-state index in [0.717, 1.165) is 5.56 Å². The first-order valence-corrected chi connectivity index (χ1v) is 7.74. The van der Waals surface area contributed by atoms with Gasteiger partial charge in [0.05, 0.1) is 11.4 Å². The van der Waals surface area contributed by atoms with Crippen molar-refractivity contribution in [3.63, 3.8) is 0 Å². The van der Waals surface area contributed by atoms with E-state index in [4.69, 9.17) is 4.74 Å². The molecule has 1 aromatic rings. The number of carbonyl (C=O) groups is 1. The number of rotatable bonds is 3. The van der Waals surface area contributed by atoms with Gasteiger partial charge < -0.3 is 4.74 Å². The third-order valence-corrected chi connectivity index (χ3v) is 4.87. The molecular weight excluding hydrogens is 278 g/mol. The van der Waals surface area contributed by atoms with Crippen molar-refractivity contribution in [1.82, 2.24) is 4.31 Å². The van der Waals surface area contributed by atoms with Crippen LogP contribution in [0.5, 0.6) is 0 Å². The van der Waals surface area contributed by atoms with Crippen LogP contribution < -0.4 is 0 Å². The van der Waals surface area contributed by atoms with Gasteiger partial charge in [-0.1, -0.05) is 23.8 Å². The number of carbonyl (C=O) groups excluding carboxylic acids is 1. The number of aryl methyl sites for hydroxylation is 1. The van der Waals surface area contributed by atoms with Crippen LogP contribution >= 0.6 is 0 Å². The Kier molecular flexibility index (Phi) is 4.25. The van der Waals surface area contributed by atoms with Gasteiger partial charge in [0, 0.05) is 13.5 Å². The lowest BCUT2D eigenvalue weighted by molar-refractivity contribution is -0.144. The summed E-state index contributed by atoms with van der Waals surface area (Å²) in [5, 5.41) is 0. The Bertz CT molecular complexity index is 619. The Morgan fingerprint density at radius 1 is 1.30 bits per heavy atom. The summed E-state index contributed by atoms with van der Waals surface area (Å²) in [5.41, 5.74) is 1.00. The maximum absolute atomic E-state index is 12.5. The highest BCUT2D eigenvalue weighted by atomic mass is 32.2. The maximum Gasteiger partial charge on any atom is 0.303 e. The molecule has 0 saturated heterocycles. The van der Waals surface area contributed by atoms with Crippen LogP contribution in [0.3, 0.4) is 0 Å². The van der Waals surface area contributed by atoms with E-state index in [1.54, 1.807) is 36.4 Å². The van der Waals surface area contributed by atoms with Crippen LogP contribution in [0, 0.1) is 6.92 Å². The fourth-order valence-corrected chi connectivity index (χ4v) is 3.42. The molecular formula is C14H17NO4S. The summed E-state index contributed by atoms with van der Waals surface area (Å²) in [6, 6.07) is 6.69. The van der Waals surface area contributed by atoms with Gasteiger partial charge in [-0.3, -0.25) is 4.79 Å². The van der Waals surface area contributed by atoms with E-state index in [1.165, 1.54) is 11.2 Å². The zero-order chi connectivity index (χ0) is 14.8. The smallest absolute Gasteiger partial charge is 0.303 e. The monoisotopic (exact) mass is 295 g/mol. The third-order valence-electron chi connectivity index (χ3n) is 3.02. The fraction of sp³-hybridized carbons (Fsp3) is 0.357. The molecule has 1 unspecified atom stereocenters. The number of benzene rings is 1. The van der Waals surface area contributed by atoms with E-state index in [9.17, 15) is 13.2 Å². The average molecular weight is 295 g/mol. The molecule has 0 radical (unpaired) electrons. The standard InChI is InChI=1S/C14H17NO4S/c1-11-5-7-14(8-6-11)20(17,18)15-9-3-4-13(10-15)19-12(2)16/h3-8,13H,9-10H2,1-2H3. The Morgan fingerprint density at radius 2 is 1.95 bits per heavy atom. The van der Waals surface area contributed by atoms with Crippen molar-refractivity contribution >= 4 is 16.0 Å². The van der Waals surface area contributed by atoms with Crippen LogP contribution in [0.2, 0.25) is 0 Å². The lowest BCUT2D eigenvalue weighted by atomic mass is 10.2. The van der Waals surface area contributed by atoms with Crippen LogP contribution in [-0.2, 0) is 19.6 Å². The summed E-state index contributed by atoms with van der Waals surface area (Å²) in [5.74, 6) is -0.422. The summed E-state index contributed by atoms with van der Waals surface area (Å²) < 4.78 is 31.3. The predicted octanol–water partition coefficient (Wildman–Crippen LogP) is 1.49. The average Bonchev–Trinajstić information content (AvgIpc) is 2.39. The van der Waals surface area contributed by atoms with Crippen molar-refractivity contribution in [2.24, 2.45) is 0 Å². The van der Waals surface area contributed by atoms with Gasteiger partial charge >= 0.3 is 5.97 Å². The molecule has 1 aliphatic heterocycles. The normalized spacial score (nSPS) is 19.8. The maximum atomic E-state index is 12.5. The summed E-state index contributed by atoms with van der Waals surface area (Å²) in [6.07, 6.45) is 2.88. The minimum atomic E-state index is -3.56. The highest BCUT2D eigenvalue weighted by Gasteiger charge is 2.28. The summed E-state index contributed by atoms with van der Waals surface area (Å²) >= 11 is 0. The van der Waals surface area contributed by atoms with Gasteiger partial charge in [0.2, 0.25) is 10.0 Å². The van der Waals surface area contributed by atoms with Crippen molar-refractivity contribution in [2.45, 2.75) is 24.8 Å². The number of esters is 1. The molecule has 0 amide bonds. The zero-order valence-electron chi connectivity index (χ0n) is 11.4. The third kappa shape index (κ3) is 3.26. The van der Waals surface area contributed by atoms with E-state index < -0.39 is 22.1 Å². The van der Waals surface area contributed by atoms with E-state index in [2.05, 4.69) is 0 Å². The second kappa shape index (κ2) is 5.76. The molecule has 0 fully saturated rings. The van der Waals surface area contributed by atoms with Crippen LogP contribution in [0.4, 0.5) is 0 Å². The van der Waals surface area contributed by atoms with Gasteiger partial charge in [0.1, 0.15) is 6.10 Å². The Labute approximate surface area is 118 Å².